The van der Waals surface area contributed by atoms with E-state index in [0.29, 0.717) is 19.5 Å². The molecule has 0 bridgehead atoms. The van der Waals surface area contributed by atoms with E-state index in [0.717, 1.165) is 29.7 Å². The molecule has 27 heavy (non-hydrogen) atoms. The summed E-state index contributed by atoms with van der Waals surface area (Å²) in [6.07, 6.45) is 1.88. The predicted molar refractivity (Wildman–Crippen MR) is 108 cm³/mol. The van der Waals surface area contributed by atoms with Gasteiger partial charge in [0.1, 0.15) is 0 Å². The Morgan fingerprint density at radius 1 is 1.07 bits per heavy atom. The van der Waals surface area contributed by atoms with Gasteiger partial charge in [0, 0.05) is 38.5 Å². The van der Waals surface area contributed by atoms with Crippen molar-refractivity contribution >= 4 is 24.2 Å². The van der Waals surface area contributed by atoms with Crippen molar-refractivity contribution in [3.63, 3.8) is 0 Å². The Morgan fingerprint density at radius 3 is 2.37 bits per heavy atom. The Balaban J connectivity index is 0.00000261. The van der Waals surface area contributed by atoms with Crippen LogP contribution in [-0.2, 0) is 22.7 Å². The minimum absolute atomic E-state index is 0. The molecule has 2 aromatic carbocycles. The Bertz CT molecular complexity index is 750. The van der Waals surface area contributed by atoms with Gasteiger partial charge in [0.2, 0.25) is 11.8 Å². The molecule has 1 heterocycles. The Morgan fingerprint density at radius 2 is 1.74 bits per heavy atom. The van der Waals surface area contributed by atoms with Gasteiger partial charge in [-0.1, -0.05) is 54.6 Å². The number of amides is 2. The van der Waals surface area contributed by atoms with Gasteiger partial charge in [0.15, 0.2) is 0 Å². The first-order valence-corrected chi connectivity index (χ1v) is 9.04. The molecule has 3 rings (SSSR count). The molecule has 6 heteroatoms. The van der Waals surface area contributed by atoms with Crippen LogP contribution in [0.15, 0.2) is 54.6 Å². The average Bonchev–Trinajstić information content (AvgIpc) is 3.06. The summed E-state index contributed by atoms with van der Waals surface area (Å²) in [6.45, 7) is 1.99. The van der Waals surface area contributed by atoms with Gasteiger partial charge in [-0.2, -0.15) is 0 Å². The highest BCUT2D eigenvalue weighted by molar-refractivity contribution is 5.85. The van der Waals surface area contributed by atoms with E-state index in [2.05, 4.69) is 5.32 Å². The molecule has 1 aliphatic heterocycles. The van der Waals surface area contributed by atoms with Crippen LogP contribution < -0.4 is 11.1 Å². The van der Waals surface area contributed by atoms with Gasteiger partial charge >= 0.3 is 0 Å². The molecular formula is C21H26ClN3O2. The van der Waals surface area contributed by atoms with Gasteiger partial charge in [0.05, 0.1) is 0 Å². The van der Waals surface area contributed by atoms with Crippen LogP contribution in [0, 0.1) is 0 Å². The van der Waals surface area contributed by atoms with E-state index in [1.807, 2.05) is 59.5 Å². The fourth-order valence-corrected chi connectivity index (χ4v) is 3.14. The predicted octanol–water partition coefficient (Wildman–Crippen LogP) is 2.94. The van der Waals surface area contributed by atoms with Gasteiger partial charge in [0.25, 0.3) is 0 Å². The molecule has 1 aliphatic rings. The van der Waals surface area contributed by atoms with Crippen LogP contribution in [0.1, 0.15) is 42.0 Å². The fraction of sp³-hybridized carbons (Fsp3) is 0.333. The number of benzene rings is 2. The topological polar surface area (TPSA) is 75.4 Å². The molecular weight excluding hydrogens is 362 g/mol. The Labute approximate surface area is 166 Å². The molecule has 0 aromatic heterocycles. The van der Waals surface area contributed by atoms with E-state index in [1.54, 1.807) is 0 Å². The van der Waals surface area contributed by atoms with Crippen molar-refractivity contribution in [2.24, 2.45) is 5.73 Å². The lowest BCUT2D eigenvalue weighted by Gasteiger charge is -2.16. The van der Waals surface area contributed by atoms with Crippen LogP contribution >= 0.6 is 12.4 Å². The molecule has 1 atom stereocenters. The summed E-state index contributed by atoms with van der Waals surface area (Å²) < 4.78 is 0. The molecule has 5 nitrogen and oxygen atoms in total. The molecule has 1 saturated heterocycles. The van der Waals surface area contributed by atoms with Gasteiger partial charge < -0.3 is 16.0 Å². The third kappa shape index (κ3) is 6.08. The molecule has 0 saturated carbocycles. The highest BCUT2D eigenvalue weighted by atomic mass is 35.5. The smallest absolute Gasteiger partial charge is 0.222 e. The number of halogens is 1. The number of nitrogens with one attached hydrogen (secondary N) is 1. The van der Waals surface area contributed by atoms with Gasteiger partial charge in [-0.3, -0.25) is 9.59 Å². The normalized spacial score (nSPS) is 14.6. The van der Waals surface area contributed by atoms with E-state index in [9.17, 15) is 9.59 Å². The summed E-state index contributed by atoms with van der Waals surface area (Å²) in [5.41, 5.74) is 9.19. The summed E-state index contributed by atoms with van der Waals surface area (Å²) >= 11 is 0. The Hall–Kier alpha value is -2.37. The minimum atomic E-state index is -0.295. The molecule has 0 aliphatic carbocycles. The summed E-state index contributed by atoms with van der Waals surface area (Å²) in [7, 11) is 0. The zero-order valence-corrected chi connectivity index (χ0v) is 16.1. The zero-order chi connectivity index (χ0) is 18.4. The highest BCUT2D eigenvalue weighted by Crippen LogP contribution is 2.15. The molecule has 1 unspecified atom stereocenters. The monoisotopic (exact) mass is 387 g/mol. The number of nitrogens with two attached hydrogens (primary N) is 1. The molecule has 144 valence electrons. The lowest BCUT2D eigenvalue weighted by Crippen LogP contribution is -2.27. The van der Waals surface area contributed by atoms with E-state index >= 15 is 0 Å². The van der Waals surface area contributed by atoms with Gasteiger partial charge in [-0.25, -0.2) is 0 Å². The Kier molecular flexibility index (Phi) is 7.82. The second kappa shape index (κ2) is 10.1. The number of hydrogen-bond donors (Lipinski definition) is 2. The van der Waals surface area contributed by atoms with Crippen molar-refractivity contribution in [3.8, 4) is 0 Å². The average molecular weight is 388 g/mol. The number of likely N-dealkylation sites (tertiary alicyclic amines) is 1. The minimum Gasteiger partial charge on any atom is -0.352 e. The first kappa shape index (κ1) is 20.9. The van der Waals surface area contributed by atoms with E-state index in [1.165, 1.54) is 0 Å². The van der Waals surface area contributed by atoms with E-state index < -0.39 is 0 Å². The number of carbonyl (C=O) groups excluding carboxylic acids is 2. The molecule has 2 aromatic rings. The second-order valence-corrected chi connectivity index (χ2v) is 6.73. The van der Waals surface area contributed by atoms with Crippen molar-refractivity contribution in [2.75, 3.05) is 6.54 Å². The lowest BCUT2D eigenvalue weighted by molar-refractivity contribution is -0.128. The standard InChI is InChI=1S/C21H25N3O2.ClH/c22-19(18-5-2-1-3-6-18)13-20(25)23-14-16-8-10-17(11-9-16)15-24-12-4-7-21(24)26;/h1-3,5-6,8-11,19H,4,7,12-15,22H2,(H,23,25);1H. The third-order valence-corrected chi connectivity index (χ3v) is 4.69. The summed E-state index contributed by atoms with van der Waals surface area (Å²) in [5.74, 6) is 0.171. The summed E-state index contributed by atoms with van der Waals surface area (Å²) in [4.78, 5) is 25.7. The summed E-state index contributed by atoms with van der Waals surface area (Å²) in [5, 5.41) is 2.92. The molecule has 0 radical (unpaired) electrons. The van der Waals surface area contributed by atoms with Crippen LogP contribution in [-0.4, -0.2) is 23.3 Å². The van der Waals surface area contributed by atoms with Crippen LogP contribution in [0.5, 0.6) is 0 Å². The largest absolute Gasteiger partial charge is 0.352 e. The van der Waals surface area contributed by atoms with E-state index in [-0.39, 0.29) is 36.7 Å². The van der Waals surface area contributed by atoms with E-state index in [4.69, 9.17) is 5.73 Å². The van der Waals surface area contributed by atoms with Gasteiger partial charge in [-0.05, 0) is 23.1 Å². The van der Waals surface area contributed by atoms with Gasteiger partial charge in [-0.15, -0.1) is 12.4 Å². The number of carbonyl (C=O) groups is 2. The second-order valence-electron chi connectivity index (χ2n) is 6.73. The van der Waals surface area contributed by atoms with Crippen LogP contribution in [0.2, 0.25) is 0 Å². The van der Waals surface area contributed by atoms with Crippen molar-refractivity contribution < 1.29 is 9.59 Å². The lowest BCUT2D eigenvalue weighted by atomic mass is 10.0. The highest BCUT2D eigenvalue weighted by Gasteiger charge is 2.19. The van der Waals surface area contributed by atoms with Crippen LogP contribution in [0.3, 0.4) is 0 Å². The SMILES string of the molecule is Cl.NC(CC(=O)NCc1ccc(CN2CCCC2=O)cc1)c1ccccc1. The summed E-state index contributed by atoms with van der Waals surface area (Å²) in [6, 6.07) is 17.4. The molecule has 3 N–H and O–H groups in total. The number of nitrogens with zero attached hydrogens (tertiary/aromatic N) is 1. The third-order valence-electron chi connectivity index (χ3n) is 4.69. The van der Waals surface area contributed by atoms with Crippen molar-refractivity contribution in [3.05, 3.63) is 71.3 Å². The number of hydrogen-bond acceptors (Lipinski definition) is 3. The molecule has 0 spiro atoms. The quantitative estimate of drug-likeness (QED) is 0.766. The van der Waals surface area contributed by atoms with Crippen LogP contribution in [0.25, 0.3) is 0 Å². The van der Waals surface area contributed by atoms with Crippen molar-refractivity contribution in [2.45, 2.75) is 38.4 Å². The molecule has 1 fully saturated rings. The first-order chi connectivity index (χ1) is 12.6. The molecule has 2 amide bonds. The fourth-order valence-electron chi connectivity index (χ4n) is 3.14. The first-order valence-electron chi connectivity index (χ1n) is 9.04. The van der Waals surface area contributed by atoms with Crippen LogP contribution in [0.4, 0.5) is 0 Å². The maximum Gasteiger partial charge on any atom is 0.222 e. The maximum atomic E-state index is 12.1. The van der Waals surface area contributed by atoms with Crippen molar-refractivity contribution in [1.29, 1.82) is 0 Å². The number of rotatable bonds is 7. The maximum absolute atomic E-state index is 12.1. The zero-order valence-electron chi connectivity index (χ0n) is 15.3. The van der Waals surface area contributed by atoms with Crippen molar-refractivity contribution in [1.82, 2.24) is 10.2 Å².